The maximum absolute atomic E-state index is 11.1. The third-order valence-electron chi connectivity index (χ3n) is 5.82. The van der Waals surface area contributed by atoms with Gasteiger partial charge in [-0.1, -0.05) is 30.3 Å². The first-order chi connectivity index (χ1) is 17.0. The summed E-state index contributed by atoms with van der Waals surface area (Å²) in [5, 5.41) is 13.4. The molecule has 0 amide bonds. The molecule has 7 heteroatoms. The van der Waals surface area contributed by atoms with Crippen LogP contribution in [0.1, 0.15) is 15.9 Å². The lowest BCUT2D eigenvalue weighted by Crippen LogP contribution is -2.07. The number of furan rings is 1. The molecule has 0 spiro atoms. The monoisotopic (exact) mass is 464 g/mol. The lowest BCUT2D eigenvalue weighted by atomic mass is 10.0. The summed E-state index contributed by atoms with van der Waals surface area (Å²) >= 11 is 0. The lowest BCUT2D eigenvalue weighted by molar-refractivity contribution is 0.0697. The van der Waals surface area contributed by atoms with Crippen molar-refractivity contribution in [1.82, 2.24) is 9.97 Å². The van der Waals surface area contributed by atoms with Gasteiger partial charge in [0.25, 0.3) is 0 Å². The number of rotatable bonds is 7. The summed E-state index contributed by atoms with van der Waals surface area (Å²) in [6.45, 7) is 0.483. The molecule has 0 aliphatic rings. The minimum Gasteiger partial charge on any atom is -0.478 e. The van der Waals surface area contributed by atoms with Gasteiger partial charge in [-0.05, 0) is 65.2 Å². The number of benzene rings is 3. The van der Waals surface area contributed by atoms with Crippen LogP contribution in [0.15, 0.2) is 89.5 Å². The van der Waals surface area contributed by atoms with Crippen LogP contribution >= 0.6 is 0 Å². The Morgan fingerprint density at radius 3 is 2.34 bits per heavy atom. The molecule has 2 aromatic heterocycles. The summed E-state index contributed by atoms with van der Waals surface area (Å²) in [5.41, 5.74) is 5.29. The largest absolute Gasteiger partial charge is 0.478 e. The number of aromatic nitrogens is 2. The Bertz CT molecular complexity index is 1480. The summed E-state index contributed by atoms with van der Waals surface area (Å²) in [4.78, 5) is 22.7. The molecular formula is C28H24N4O3. The Kier molecular flexibility index (Phi) is 5.89. The van der Waals surface area contributed by atoms with Crippen molar-refractivity contribution in [2.75, 3.05) is 24.3 Å². The smallest absolute Gasteiger partial charge is 0.335 e. The highest BCUT2D eigenvalue weighted by Crippen LogP contribution is 2.30. The summed E-state index contributed by atoms with van der Waals surface area (Å²) in [7, 11) is 4.04. The molecule has 2 N–H and O–H groups in total. The summed E-state index contributed by atoms with van der Waals surface area (Å²) in [5.74, 6) is 0.813. The van der Waals surface area contributed by atoms with E-state index in [9.17, 15) is 4.79 Å². The van der Waals surface area contributed by atoms with E-state index in [0.29, 0.717) is 23.9 Å². The van der Waals surface area contributed by atoms with Crippen LogP contribution in [0.5, 0.6) is 0 Å². The quantitative estimate of drug-likeness (QED) is 0.308. The molecule has 5 rings (SSSR count). The van der Waals surface area contributed by atoms with Crippen LogP contribution in [0.25, 0.3) is 33.6 Å². The van der Waals surface area contributed by atoms with Crippen molar-refractivity contribution in [3.8, 4) is 22.7 Å². The van der Waals surface area contributed by atoms with Gasteiger partial charge in [-0.2, -0.15) is 0 Å². The fourth-order valence-electron chi connectivity index (χ4n) is 3.86. The third kappa shape index (κ3) is 4.70. The second kappa shape index (κ2) is 9.30. The van der Waals surface area contributed by atoms with Gasteiger partial charge in [0.2, 0.25) is 0 Å². The molecule has 35 heavy (non-hydrogen) atoms. The van der Waals surface area contributed by atoms with Gasteiger partial charge in [-0.3, -0.25) is 0 Å². The number of aromatic carboxylic acids is 1. The summed E-state index contributed by atoms with van der Waals surface area (Å²) < 4.78 is 5.56. The normalized spacial score (nSPS) is 10.9. The standard InChI is InChI=1S/C28H24N4O3/c1-32(2)22-12-9-19(10-13-22)21-11-14-23-24(16-21)30-27(25-4-3-15-35-25)31-26(23)29-17-18-5-7-20(8-6-18)28(33)34/h3-16H,17H2,1-2H3,(H,33,34)(H,29,30,31). The van der Waals surface area contributed by atoms with Crippen molar-refractivity contribution >= 4 is 28.4 Å². The number of carboxylic acid groups (broad SMARTS) is 1. The minimum atomic E-state index is -0.943. The molecule has 5 aromatic rings. The second-order valence-corrected chi connectivity index (χ2v) is 8.40. The van der Waals surface area contributed by atoms with Crippen molar-refractivity contribution in [2.45, 2.75) is 6.54 Å². The molecule has 0 atom stereocenters. The van der Waals surface area contributed by atoms with Crippen LogP contribution in [0.4, 0.5) is 11.5 Å². The van der Waals surface area contributed by atoms with E-state index in [-0.39, 0.29) is 5.56 Å². The fraction of sp³-hybridized carbons (Fsp3) is 0.107. The molecule has 0 bridgehead atoms. The van der Waals surface area contributed by atoms with Gasteiger partial charge in [0, 0.05) is 31.7 Å². The molecule has 0 radical (unpaired) electrons. The van der Waals surface area contributed by atoms with Crippen molar-refractivity contribution in [1.29, 1.82) is 0 Å². The van der Waals surface area contributed by atoms with Crippen LogP contribution in [0.3, 0.4) is 0 Å². The van der Waals surface area contributed by atoms with E-state index < -0.39 is 5.97 Å². The first-order valence-corrected chi connectivity index (χ1v) is 11.2. The number of fused-ring (bicyclic) bond motifs is 1. The number of nitrogens with zero attached hydrogens (tertiary/aromatic N) is 3. The van der Waals surface area contributed by atoms with E-state index in [1.165, 1.54) is 0 Å². The van der Waals surface area contributed by atoms with Gasteiger partial charge in [-0.25, -0.2) is 14.8 Å². The van der Waals surface area contributed by atoms with Crippen LogP contribution in [-0.4, -0.2) is 35.1 Å². The van der Waals surface area contributed by atoms with Crippen LogP contribution in [-0.2, 0) is 6.54 Å². The van der Waals surface area contributed by atoms with Crippen molar-refractivity contribution < 1.29 is 14.3 Å². The Labute approximate surface area is 202 Å². The number of hydrogen-bond donors (Lipinski definition) is 2. The van der Waals surface area contributed by atoms with Crippen molar-refractivity contribution in [3.05, 3.63) is 96.3 Å². The van der Waals surface area contributed by atoms with Crippen LogP contribution in [0.2, 0.25) is 0 Å². The van der Waals surface area contributed by atoms with Gasteiger partial charge in [0.05, 0.1) is 17.3 Å². The van der Waals surface area contributed by atoms with Gasteiger partial charge in [0.1, 0.15) is 5.82 Å². The number of hydrogen-bond acceptors (Lipinski definition) is 6. The molecule has 0 fully saturated rings. The SMILES string of the molecule is CN(C)c1ccc(-c2ccc3c(NCc4ccc(C(=O)O)cc4)nc(-c4ccco4)nc3c2)cc1. The average Bonchev–Trinajstić information content (AvgIpc) is 3.42. The highest BCUT2D eigenvalue weighted by Gasteiger charge is 2.13. The van der Waals surface area contributed by atoms with E-state index in [1.807, 2.05) is 32.3 Å². The highest BCUT2D eigenvalue weighted by atomic mass is 16.4. The second-order valence-electron chi connectivity index (χ2n) is 8.40. The molecular weight excluding hydrogens is 440 g/mol. The third-order valence-corrected chi connectivity index (χ3v) is 5.82. The van der Waals surface area contributed by atoms with E-state index in [0.717, 1.165) is 33.3 Å². The molecule has 0 aliphatic carbocycles. The zero-order valence-corrected chi connectivity index (χ0v) is 19.4. The summed E-state index contributed by atoms with van der Waals surface area (Å²) in [6.07, 6.45) is 1.60. The topological polar surface area (TPSA) is 91.5 Å². The molecule has 0 unspecified atom stereocenters. The number of anilines is 2. The zero-order chi connectivity index (χ0) is 24.4. The number of carboxylic acids is 1. The van der Waals surface area contributed by atoms with Gasteiger partial charge < -0.3 is 19.7 Å². The van der Waals surface area contributed by atoms with E-state index in [4.69, 9.17) is 19.5 Å². The predicted octanol–water partition coefficient (Wildman–Crippen LogP) is 5.93. The maximum Gasteiger partial charge on any atom is 0.335 e. The number of nitrogens with one attached hydrogen (secondary N) is 1. The first-order valence-electron chi connectivity index (χ1n) is 11.2. The Hall–Kier alpha value is -4.65. The molecule has 0 aliphatic heterocycles. The minimum absolute atomic E-state index is 0.257. The Morgan fingerprint density at radius 1 is 0.943 bits per heavy atom. The average molecular weight is 465 g/mol. The van der Waals surface area contributed by atoms with Crippen LogP contribution in [0, 0.1) is 0 Å². The molecule has 174 valence electrons. The van der Waals surface area contributed by atoms with Gasteiger partial charge in [0.15, 0.2) is 11.6 Å². The maximum atomic E-state index is 11.1. The Morgan fingerprint density at radius 2 is 1.69 bits per heavy atom. The van der Waals surface area contributed by atoms with E-state index in [1.54, 1.807) is 30.5 Å². The lowest BCUT2D eigenvalue weighted by Gasteiger charge is -2.14. The highest BCUT2D eigenvalue weighted by molar-refractivity contribution is 5.93. The molecule has 0 saturated carbocycles. The van der Waals surface area contributed by atoms with Crippen molar-refractivity contribution in [2.24, 2.45) is 0 Å². The predicted molar refractivity (Wildman–Crippen MR) is 138 cm³/mol. The fourth-order valence-corrected chi connectivity index (χ4v) is 3.86. The zero-order valence-electron chi connectivity index (χ0n) is 19.4. The molecule has 2 heterocycles. The Balaban J connectivity index is 1.51. The summed E-state index contributed by atoms with van der Waals surface area (Å²) in [6, 6.07) is 25.0. The van der Waals surface area contributed by atoms with E-state index >= 15 is 0 Å². The molecule has 0 saturated heterocycles. The van der Waals surface area contributed by atoms with Gasteiger partial charge in [-0.15, -0.1) is 0 Å². The first kappa shape index (κ1) is 22.2. The molecule has 7 nitrogen and oxygen atoms in total. The van der Waals surface area contributed by atoms with Gasteiger partial charge >= 0.3 is 5.97 Å². The van der Waals surface area contributed by atoms with Crippen LogP contribution < -0.4 is 10.2 Å². The van der Waals surface area contributed by atoms with E-state index in [2.05, 4.69) is 46.6 Å². The molecule has 3 aromatic carbocycles. The van der Waals surface area contributed by atoms with Crippen molar-refractivity contribution in [3.63, 3.8) is 0 Å². The number of carbonyl (C=O) groups is 1.